The second-order valence-electron chi connectivity index (χ2n) is 7.12. The molecule has 5 nitrogen and oxygen atoms in total. The van der Waals surface area contributed by atoms with E-state index in [1.165, 1.54) is 14.0 Å². The van der Waals surface area contributed by atoms with Crippen LogP contribution < -0.4 is 0 Å². The summed E-state index contributed by atoms with van der Waals surface area (Å²) in [7, 11) is 1.26. The molecule has 0 saturated heterocycles. The molecule has 3 aromatic rings. The average molecular weight is 422 g/mol. The number of hydrogen-bond donors (Lipinski definition) is 0. The van der Waals surface area contributed by atoms with Gasteiger partial charge in [-0.3, -0.25) is 0 Å². The number of rotatable bonds is 4. The summed E-state index contributed by atoms with van der Waals surface area (Å²) in [5.74, 6) is -1.14. The molecule has 0 bridgehead atoms. The van der Waals surface area contributed by atoms with E-state index in [9.17, 15) is 9.59 Å². The van der Waals surface area contributed by atoms with E-state index >= 15 is 0 Å². The van der Waals surface area contributed by atoms with E-state index < -0.39 is 18.0 Å². The zero-order valence-electron chi connectivity index (χ0n) is 16.6. The highest BCUT2D eigenvalue weighted by molar-refractivity contribution is 6.30. The largest absolute Gasteiger partial charge is 0.466 e. The lowest BCUT2D eigenvalue weighted by atomic mass is 10.0. The number of pyridine rings is 1. The van der Waals surface area contributed by atoms with Crippen LogP contribution >= 0.6 is 11.6 Å². The molecule has 0 N–H and O–H groups in total. The molecular formula is C24H20ClNO4. The van der Waals surface area contributed by atoms with Crippen molar-refractivity contribution in [2.45, 2.75) is 25.9 Å². The molecule has 1 atom stereocenters. The third-order valence-electron chi connectivity index (χ3n) is 5.17. The van der Waals surface area contributed by atoms with Gasteiger partial charge >= 0.3 is 11.9 Å². The number of carbonyl (C=O) groups excluding carboxylic acids is 2. The normalized spacial score (nSPS) is 15.1. The SMILES string of the molecule is COC(=O)C(C)OC(=O)c1c2c(nc3ccccc13)/C(=C/c1ccc(Cl)cc1)CC2. The van der Waals surface area contributed by atoms with Gasteiger partial charge in [-0.2, -0.15) is 0 Å². The van der Waals surface area contributed by atoms with E-state index in [1.807, 2.05) is 48.5 Å². The van der Waals surface area contributed by atoms with Crippen molar-refractivity contribution in [2.24, 2.45) is 0 Å². The first-order valence-electron chi connectivity index (χ1n) is 9.65. The fourth-order valence-electron chi connectivity index (χ4n) is 3.71. The first-order valence-corrected chi connectivity index (χ1v) is 10.0. The van der Waals surface area contributed by atoms with Crippen molar-refractivity contribution in [1.29, 1.82) is 0 Å². The predicted molar refractivity (Wildman–Crippen MR) is 116 cm³/mol. The highest BCUT2D eigenvalue weighted by Crippen LogP contribution is 2.38. The maximum atomic E-state index is 13.1. The van der Waals surface area contributed by atoms with Crippen LogP contribution in [0.15, 0.2) is 48.5 Å². The second-order valence-corrected chi connectivity index (χ2v) is 7.56. The van der Waals surface area contributed by atoms with Crippen LogP contribution in [0.5, 0.6) is 0 Å². The Balaban J connectivity index is 1.81. The molecule has 0 radical (unpaired) electrons. The van der Waals surface area contributed by atoms with Crippen LogP contribution in [0, 0.1) is 0 Å². The highest BCUT2D eigenvalue weighted by Gasteiger charge is 2.29. The number of para-hydroxylation sites is 1. The number of hydrogen-bond acceptors (Lipinski definition) is 5. The molecule has 0 aliphatic heterocycles. The summed E-state index contributed by atoms with van der Waals surface area (Å²) in [6.07, 6.45) is 2.50. The van der Waals surface area contributed by atoms with Crippen LogP contribution in [0.3, 0.4) is 0 Å². The zero-order valence-corrected chi connectivity index (χ0v) is 17.4. The lowest BCUT2D eigenvalue weighted by Gasteiger charge is -2.15. The molecule has 0 saturated carbocycles. The molecule has 1 unspecified atom stereocenters. The number of ether oxygens (including phenoxy) is 2. The number of esters is 2. The van der Waals surface area contributed by atoms with Gasteiger partial charge in [0.2, 0.25) is 0 Å². The highest BCUT2D eigenvalue weighted by atomic mass is 35.5. The van der Waals surface area contributed by atoms with Crippen molar-refractivity contribution in [2.75, 3.05) is 7.11 Å². The molecule has 1 heterocycles. The Kier molecular flexibility index (Phi) is 5.55. The third-order valence-corrected chi connectivity index (χ3v) is 5.43. The van der Waals surface area contributed by atoms with Gasteiger partial charge in [0.15, 0.2) is 6.10 Å². The Labute approximate surface area is 179 Å². The van der Waals surface area contributed by atoms with E-state index in [0.29, 0.717) is 27.9 Å². The maximum absolute atomic E-state index is 13.1. The third kappa shape index (κ3) is 3.81. The summed E-state index contributed by atoms with van der Waals surface area (Å²) in [6, 6.07) is 15.0. The number of methoxy groups -OCH3 is 1. The zero-order chi connectivity index (χ0) is 21.3. The van der Waals surface area contributed by atoms with Gasteiger partial charge < -0.3 is 9.47 Å². The van der Waals surface area contributed by atoms with Crippen LogP contribution in [0.4, 0.5) is 0 Å². The smallest absolute Gasteiger partial charge is 0.346 e. The van der Waals surface area contributed by atoms with Crippen molar-refractivity contribution in [3.05, 3.63) is 75.9 Å². The average Bonchev–Trinajstić information content (AvgIpc) is 3.14. The summed E-state index contributed by atoms with van der Waals surface area (Å²) in [4.78, 5) is 29.6. The summed E-state index contributed by atoms with van der Waals surface area (Å²) in [5, 5.41) is 1.39. The molecule has 0 amide bonds. The molecular weight excluding hydrogens is 402 g/mol. The first kappa shape index (κ1) is 20.1. The Morgan fingerprint density at radius 3 is 2.57 bits per heavy atom. The summed E-state index contributed by atoms with van der Waals surface area (Å²) in [5.41, 5.74) is 4.87. The number of allylic oxidation sites excluding steroid dienone is 1. The van der Waals surface area contributed by atoms with Gasteiger partial charge in [-0.25, -0.2) is 14.6 Å². The molecule has 0 spiro atoms. The summed E-state index contributed by atoms with van der Waals surface area (Å²) < 4.78 is 10.1. The Morgan fingerprint density at radius 2 is 1.83 bits per heavy atom. The fraction of sp³-hybridized carbons (Fsp3) is 0.208. The Morgan fingerprint density at radius 1 is 1.10 bits per heavy atom. The van der Waals surface area contributed by atoms with E-state index in [0.717, 1.165) is 28.8 Å². The topological polar surface area (TPSA) is 65.5 Å². The Bertz CT molecular complexity index is 1170. The van der Waals surface area contributed by atoms with E-state index in [4.69, 9.17) is 21.3 Å². The second kappa shape index (κ2) is 8.28. The van der Waals surface area contributed by atoms with Crippen molar-refractivity contribution in [3.63, 3.8) is 0 Å². The predicted octanol–water partition coefficient (Wildman–Crippen LogP) is 5.09. The molecule has 152 valence electrons. The molecule has 30 heavy (non-hydrogen) atoms. The maximum Gasteiger partial charge on any atom is 0.346 e. The summed E-state index contributed by atoms with van der Waals surface area (Å²) in [6.45, 7) is 1.50. The van der Waals surface area contributed by atoms with E-state index in [2.05, 4.69) is 10.8 Å². The number of fused-ring (bicyclic) bond motifs is 2. The van der Waals surface area contributed by atoms with Gasteiger partial charge in [-0.1, -0.05) is 41.9 Å². The van der Waals surface area contributed by atoms with E-state index in [1.54, 1.807) is 0 Å². The standard InChI is InChI=1S/C24H20ClNO4/c1-14(23(27)29-2)30-24(28)21-18-5-3-4-6-20(18)26-22-16(9-12-19(21)22)13-15-7-10-17(25)11-8-15/h3-8,10-11,13-14H,9,12H2,1-2H3/b16-13+. The Hall–Kier alpha value is -3.18. The molecule has 1 aliphatic rings. The molecule has 0 fully saturated rings. The van der Waals surface area contributed by atoms with Crippen molar-refractivity contribution >= 4 is 46.1 Å². The van der Waals surface area contributed by atoms with E-state index in [-0.39, 0.29) is 0 Å². The molecule has 2 aromatic carbocycles. The molecule has 4 rings (SSSR count). The van der Waals surface area contributed by atoms with Crippen molar-refractivity contribution < 1.29 is 19.1 Å². The number of carbonyl (C=O) groups is 2. The lowest BCUT2D eigenvalue weighted by Crippen LogP contribution is -2.26. The van der Waals surface area contributed by atoms with Crippen molar-refractivity contribution in [1.82, 2.24) is 4.98 Å². The lowest BCUT2D eigenvalue weighted by molar-refractivity contribution is -0.149. The molecule has 1 aromatic heterocycles. The molecule has 1 aliphatic carbocycles. The van der Waals surface area contributed by atoms with Crippen LogP contribution in [-0.4, -0.2) is 30.1 Å². The quantitative estimate of drug-likeness (QED) is 0.549. The van der Waals surface area contributed by atoms with Crippen LogP contribution in [-0.2, 0) is 20.7 Å². The number of aromatic nitrogens is 1. The van der Waals surface area contributed by atoms with Gasteiger partial charge in [-0.15, -0.1) is 0 Å². The van der Waals surface area contributed by atoms with Crippen molar-refractivity contribution in [3.8, 4) is 0 Å². The number of benzene rings is 2. The summed E-state index contributed by atoms with van der Waals surface area (Å²) >= 11 is 5.99. The van der Waals surface area contributed by atoms with Crippen LogP contribution in [0.2, 0.25) is 5.02 Å². The monoisotopic (exact) mass is 421 g/mol. The van der Waals surface area contributed by atoms with Gasteiger partial charge in [0, 0.05) is 10.4 Å². The minimum Gasteiger partial charge on any atom is -0.466 e. The van der Waals surface area contributed by atoms with Gasteiger partial charge in [-0.05, 0) is 60.7 Å². The first-order chi connectivity index (χ1) is 14.5. The number of nitrogens with zero attached hydrogens (tertiary/aromatic N) is 1. The fourth-order valence-corrected chi connectivity index (χ4v) is 3.83. The van der Waals surface area contributed by atoms with Gasteiger partial charge in [0.25, 0.3) is 0 Å². The minimum absolute atomic E-state index is 0.464. The minimum atomic E-state index is -0.990. The van der Waals surface area contributed by atoms with Gasteiger partial charge in [0.05, 0.1) is 23.9 Å². The molecule has 6 heteroatoms. The number of halogens is 1. The van der Waals surface area contributed by atoms with Gasteiger partial charge in [0.1, 0.15) is 0 Å². The van der Waals surface area contributed by atoms with Crippen LogP contribution in [0.25, 0.3) is 22.6 Å². The van der Waals surface area contributed by atoms with Crippen LogP contribution in [0.1, 0.15) is 40.5 Å².